The van der Waals surface area contributed by atoms with E-state index in [2.05, 4.69) is 10.1 Å². The zero-order chi connectivity index (χ0) is 18.0. The lowest BCUT2D eigenvalue weighted by atomic mass is 9.76. The summed E-state index contributed by atoms with van der Waals surface area (Å²) in [6, 6.07) is -0.406. The fourth-order valence-corrected chi connectivity index (χ4v) is 5.37. The Kier molecular flexibility index (Phi) is 3.49. The van der Waals surface area contributed by atoms with E-state index in [1.54, 1.807) is 0 Å². The van der Waals surface area contributed by atoms with Gasteiger partial charge in [-0.1, -0.05) is 31.2 Å². The zero-order valence-electron chi connectivity index (χ0n) is 13.6. The first-order chi connectivity index (χ1) is 11.7. The van der Waals surface area contributed by atoms with Crippen LogP contribution in [0.2, 0.25) is 0 Å². The van der Waals surface area contributed by atoms with Crippen molar-refractivity contribution in [1.29, 1.82) is 0 Å². The maximum atomic E-state index is 14.5. The largest absolute Gasteiger partial charge is 0.267 e. The number of hydrogen-bond donors (Lipinski definition) is 0. The van der Waals surface area contributed by atoms with Crippen molar-refractivity contribution in [3.8, 4) is 0 Å². The summed E-state index contributed by atoms with van der Waals surface area (Å²) >= 11 is 0. The number of fused-ring (bicyclic) bond motifs is 1. The molecule has 0 aromatic carbocycles. The van der Waals surface area contributed by atoms with Crippen LogP contribution in [0.1, 0.15) is 50.6 Å². The topological polar surface area (TPSA) is 64.8 Å². The van der Waals surface area contributed by atoms with Crippen LogP contribution in [-0.2, 0) is 9.84 Å². The molecule has 1 aromatic rings. The van der Waals surface area contributed by atoms with E-state index in [9.17, 15) is 21.6 Å². The van der Waals surface area contributed by atoms with Gasteiger partial charge < -0.3 is 0 Å². The molecule has 9 heteroatoms. The van der Waals surface area contributed by atoms with Crippen LogP contribution in [0.5, 0.6) is 0 Å². The number of nitrogens with zero attached hydrogens (tertiary/aromatic N) is 3. The first-order valence-corrected chi connectivity index (χ1v) is 9.67. The van der Waals surface area contributed by atoms with Gasteiger partial charge in [-0.05, 0) is 19.3 Å². The minimum atomic E-state index is -4.39. The van der Waals surface area contributed by atoms with Gasteiger partial charge in [-0.25, -0.2) is 26.3 Å². The van der Waals surface area contributed by atoms with Crippen molar-refractivity contribution < 1.29 is 21.6 Å². The number of aromatic nitrogens is 3. The number of halogens is 3. The molecule has 0 saturated heterocycles. The Hall–Kier alpha value is -1.64. The molecular formula is C16H18F3N3O2S. The smallest absolute Gasteiger partial charge is 0.242 e. The third-order valence-corrected chi connectivity index (χ3v) is 7.91. The third-order valence-electron chi connectivity index (χ3n) is 5.60. The van der Waals surface area contributed by atoms with E-state index >= 15 is 0 Å². The van der Waals surface area contributed by atoms with Gasteiger partial charge in [0.2, 0.25) is 9.84 Å². The van der Waals surface area contributed by atoms with E-state index in [-0.39, 0.29) is 25.1 Å². The van der Waals surface area contributed by atoms with Crippen LogP contribution in [0.15, 0.2) is 29.5 Å². The summed E-state index contributed by atoms with van der Waals surface area (Å²) in [5.74, 6) is -0.0854. The second-order valence-corrected chi connectivity index (χ2v) is 9.47. The van der Waals surface area contributed by atoms with Crippen LogP contribution in [0.25, 0.3) is 0 Å². The van der Waals surface area contributed by atoms with E-state index in [4.69, 9.17) is 0 Å². The molecule has 1 unspecified atom stereocenters. The Labute approximate surface area is 143 Å². The minimum absolute atomic E-state index is 0.0854. The number of hydrogen-bond acceptors (Lipinski definition) is 4. The van der Waals surface area contributed by atoms with Crippen LogP contribution in [0.4, 0.5) is 13.2 Å². The Morgan fingerprint density at radius 2 is 2.04 bits per heavy atom. The van der Waals surface area contributed by atoms with Gasteiger partial charge in [-0.15, -0.1) is 5.10 Å². The molecule has 2 aliphatic carbocycles. The van der Waals surface area contributed by atoms with E-state index in [1.165, 1.54) is 4.68 Å². The average molecular weight is 373 g/mol. The van der Waals surface area contributed by atoms with Gasteiger partial charge in [0.1, 0.15) is 4.75 Å². The first-order valence-electron chi connectivity index (χ1n) is 8.19. The predicted molar refractivity (Wildman–Crippen MR) is 83.7 cm³/mol. The minimum Gasteiger partial charge on any atom is -0.242 e. The summed E-state index contributed by atoms with van der Waals surface area (Å²) < 4.78 is 65.2. The molecule has 0 spiro atoms. The van der Waals surface area contributed by atoms with Crippen molar-refractivity contribution >= 4 is 9.84 Å². The lowest BCUT2D eigenvalue weighted by Crippen LogP contribution is -2.32. The van der Waals surface area contributed by atoms with Gasteiger partial charge in [-0.2, -0.15) is 4.98 Å². The van der Waals surface area contributed by atoms with Crippen molar-refractivity contribution in [1.82, 2.24) is 14.8 Å². The summed E-state index contributed by atoms with van der Waals surface area (Å²) in [5.41, 5.74) is -0.431. The zero-order valence-corrected chi connectivity index (χ0v) is 14.4. The second-order valence-electron chi connectivity index (χ2n) is 7.28. The summed E-state index contributed by atoms with van der Waals surface area (Å²) in [5, 5.41) is 3.32. The summed E-state index contributed by atoms with van der Waals surface area (Å²) in [6.07, 6.45) is 3.74. The highest BCUT2D eigenvalue weighted by Crippen LogP contribution is 2.52. The van der Waals surface area contributed by atoms with Crippen molar-refractivity contribution in [3.63, 3.8) is 0 Å². The van der Waals surface area contributed by atoms with Crippen LogP contribution in [0, 0.1) is 5.41 Å². The highest BCUT2D eigenvalue weighted by atomic mass is 32.2. The average Bonchev–Trinajstić information content (AvgIpc) is 3.17. The van der Waals surface area contributed by atoms with Crippen LogP contribution >= 0.6 is 0 Å². The molecule has 4 rings (SSSR count). The van der Waals surface area contributed by atoms with Gasteiger partial charge in [0.05, 0.1) is 6.04 Å². The molecule has 5 nitrogen and oxygen atoms in total. The lowest BCUT2D eigenvalue weighted by molar-refractivity contribution is 0.132. The molecule has 2 heterocycles. The Balaban J connectivity index is 1.75. The normalized spacial score (nSPS) is 33.0. The highest BCUT2D eigenvalue weighted by molar-refractivity contribution is 7.93. The number of allylic oxidation sites excluding steroid dienone is 4. The molecule has 3 atom stereocenters. The predicted octanol–water partition coefficient (Wildman–Crippen LogP) is 3.33. The van der Waals surface area contributed by atoms with Gasteiger partial charge >= 0.3 is 0 Å². The Morgan fingerprint density at radius 1 is 1.32 bits per heavy atom. The van der Waals surface area contributed by atoms with E-state index in [0.717, 1.165) is 0 Å². The van der Waals surface area contributed by atoms with Crippen molar-refractivity contribution in [2.75, 3.05) is 0 Å². The van der Waals surface area contributed by atoms with Gasteiger partial charge in [0.25, 0.3) is 11.6 Å². The molecule has 25 heavy (non-hydrogen) atoms. The Morgan fingerprint density at radius 3 is 2.60 bits per heavy atom. The molecular weight excluding hydrogens is 355 g/mol. The summed E-state index contributed by atoms with van der Waals surface area (Å²) in [6.45, 7) is 1.94. The molecule has 0 amide bonds. The first kappa shape index (κ1) is 16.8. The molecule has 0 bridgehead atoms. The lowest BCUT2D eigenvalue weighted by Gasteiger charge is -2.33. The maximum Gasteiger partial charge on any atom is 0.267 e. The standard InChI is InChI=1S/C16H18F3N3O2S/c1-15(5-3-2-4-6-15)11-9-10(17)12-20-14(21-22(11)12)25(23,24)16(7-8-16)13(18)19/h2-5,10-11,13H,6-9H2,1H3/t10-,11-,15?/m0/s1. The van der Waals surface area contributed by atoms with Crippen molar-refractivity contribution in [2.24, 2.45) is 5.41 Å². The SMILES string of the molecule is CC1([C@@H]2C[C@H](F)c3nc(S(=O)(=O)C4(C(F)F)CC4)nn32)C=CC=CC1. The molecule has 3 aliphatic rings. The van der Waals surface area contributed by atoms with Crippen LogP contribution in [0.3, 0.4) is 0 Å². The van der Waals surface area contributed by atoms with Gasteiger partial charge in [0.15, 0.2) is 12.0 Å². The monoisotopic (exact) mass is 373 g/mol. The Bertz CT molecular complexity index is 873. The number of rotatable bonds is 4. The van der Waals surface area contributed by atoms with Crippen LogP contribution in [-0.4, -0.2) is 34.4 Å². The molecule has 1 aliphatic heterocycles. The third kappa shape index (κ3) is 2.24. The quantitative estimate of drug-likeness (QED) is 0.812. The fraction of sp³-hybridized carbons (Fsp3) is 0.625. The second kappa shape index (κ2) is 5.18. The summed E-state index contributed by atoms with van der Waals surface area (Å²) in [4.78, 5) is 3.82. The van der Waals surface area contributed by atoms with E-state index in [1.807, 2.05) is 31.2 Å². The van der Waals surface area contributed by atoms with Crippen molar-refractivity contribution in [3.05, 3.63) is 30.1 Å². The molecule has 1 aromatic heterocycles. The molecule has 136 valence electrons. The van der Waals surface area contributed by atoms with Crippen LogP contribution < -0.4 is 0 Å². The molecule has 1 fully saturated rings. The van der Waals surface area contributed by atoms with E-state index in [0.29, 0.717) is 6.42 Å². The number of sulfone groups is 1. The van der Waals surface area contributed by atoms with Gasteiger partial charge in [-0.3, -0.25) is 0 Å². The molecule has 0 radical (unpaired) electrons. The maximum absolute atomic E-state index is 14.5. The summed E-state index contributed by atoms with van der Waals surface area (Å²) in [7, 11) is -4.39. The molecule has 0 N–H and O–H groups in total. The molecule has 1 saturated carbocycles. The van der Waals surface area contributed by atoms with Gasteiger partial charge in [0, 0.05) is 11.8 Å². The number of alkyl halides is 3. The highest BCUT2D eigenvalue weighted by Gasteiger charge is 2.64. The van der Waals surface area contributed by atoms with Crippen molar-refractivity contribution in [2.45, 2.75) is 61.1 Å². The van der Waals surface area contributed by atoms with E-state index < -0.39 is 43.8 Å². The fourth-order valence-electron chi connectivity index (χ4n) is 3.72.